The molecule has 1 saturated heterocycles. The molecule has 1 aliphatic heterocycles. The first-order chi connectivity index (χ1) is 9.13. The van der Waals surface area contributed by atoms with Gasteiger partial charge in [-0.2, -0.15) is 0 Å². The molecule has 4 nitrogen and oxygen atoms in total. The van der Waals surface area contributed by atoms with Crippen LogP contribution in [0.25, 0.3) is 10.6 Å². The molecule has 1 aromatic heterocycles. The molecule has 3 rings (SSSR count). The highest BCUT2D eigenvalue weighted by molar-refractivity contribution is 7.13. The second-order valence-electron chi connectivity index (χ2n) is 4.78. The van der Waals surface area contributed by atoms with Crippen LogP contribution in [0.2, 0.25) is 0 Å². The monoisotopic (exact) mass is 274 g/mol. The Morgan fingerprint density at radius 1 is 1.37 bits per heavy atom. The number of benzene rings is 1. The summed E-state index contributed by atoms with van der Waals surface area (Å²) in [7, 11) is 0. The van der Waals surface area contributed by atoms with Gasteiger partial charge >= 0.3 is 5.97 Å². The van der Waals surface area contributed by atoms with Gasteiger partial charge in [-0.15, -0.1) is 11.3 Å². The van der Waals surface area contributed by atoms with Gasteiger partial charge in [0.15, 0.2) is 0 Å². The zero-order valence-corrected chi connectivity index (χ0v) is 11.4. The smallest absolute Gasteiger partial charge is 0.310 e. The number of carbonyl (C=O) groups is 1. The van der Waals surface area contributed by atoms with E-state index in [4.69, 9.17) is 5.11 Å². The van der Waals surface area contributed by atoms with E-state index in [-0.39, 0.29) is 5.92 Å². The van der Waals surface area contributed by atoms with E-state index in [1.54, 1.807) is 11.3 Å². The Morgan fingerprint density at radius 2 is 2.05 bits per heavy atom. The van der Waals surface area contributed by atoms with Crippen LogP contribution < -0.4 is 4.90 Å². The van der Waals surface area contributed by atoms with E-state index in [0.717, 1.165) is 22.0 Å². The number of carboxylic acid groups (broad SMARTS) is 1. The maximum atomic E-state index is 10.8. The molecule has 2 heterocycles. The van der Waals surface area contributed by atoms with Crippen molar-refractivity contribution in [2.45, 2.75) is 6.92 Å². The lowest BCUT2D eigenvalue weighted by atomic mass is 9.99. The Morgan fingerprint density at radius 3 is 2.58 bits per heavy atom. The molecule has 1 fully saturated rings. The SMILES string of the molecule is Cc1csc(-c2ccc(N3CC(C(=O)O)C3)cc2)n1. The Balaban J connectivity index is 1.72. The Bertz CT molecular complexity index is 600. The van der Waals surface area contributed by atoms with Crippen LogP contribution in [0.15, 0.2) is 29.6 Å². The number of nitrogens with zero attached hydrogens (tertiary/aromatic N) is 2. The molecule has 1 aromatic carbocycles. The highest BCUT2D eigenvalue weighted by atomic mass is 32.1. The first-order valence-corrected chi connectivity index (χ1v) is 7.02. The fourth-order valence-electron chi connectivity index (χ4n) is 2.15. The van der Waals surface area contributed by atoms with Crippen molar-refractivity contribution >= 4 is 23.0 Å². The predicted octanol–water partition coefficient (Wildman–Crippen LogP) is 2.64. The Kier molecular flexibility index (Phi) is 2.98. The summed E-state index contributed by atoms with van der Waals surface area (Å²) in [5.74, 6) is -0.924. The van der Waals surface area contributed by atoms with Crippen LogP contribution in [0.4, 0.5) is 5.69 Å². The van der Waals surface area contributed by atoms with E-state index in [1.165, 1.54) is 0 Å². The molecule has 0 spiro atoms. The Labute approximate surface area is 115 Å². The maximum absolute atomic E-state index is 10.8. The minimum atomic E-state index is -0.703. The number of hydrogen-bond donors (Lipinski definition) is 1. The van der Waals surface area contributed by atoms with Crippen LogP contribution in [0.5, 0.6) is 0 Å². The van der Waals surface area contributed by atoms with Crippen LogP contribution in [0.3, 0.4) is 0 Å². The van der Waals surface area contributed by atoms with Crippen LogP contribution >= 0.6 is 11.3 Å². The fraction of sp³-hybridized carbons (Fsp3) is 0.286. The Hall–Kier alpha value is -1.88. The van der Waals surface area contributed by atoms with E-state index in [9.17, 15) is 4.79 Å². The number of carboxylic acids is 1. The van der Waals surface area contributed by atoms with Crippen LogP contribution in [0, 0.1) is 12.8 Å². The third-order valence-electron chi connectivity index (χ3n) is 3.33. The minimum absolute atomic E-state index is 0.221. The average Bonchev–Trinajstić information content (AvgIpc) is 2.74. The van der Waals surface area contributed by atoms with Crippen LogP contribution in [-0.4, -0.2) is 29.1 Å². The van der Waals surface area contributed by atoms with Crippen molar-refractivity contribution in [3.8, 4) is 10.6 Å². The van der Waals surface area contributed by atoms with Crippen LogP contribution in [0.1, 0.15) is 5.69 Å². The number of anilines is 1. The number of aromatic nitrogens is 1. The van der Waals surface area contributed by atoms with Crippen molar-refractivity contribution in [2.75, 3.05) is 18.0 Å². The average molecular weight is 274 g/mol. The highest BCUT2D eigenvalue weighted by Crippen LogP contribution is 2.29. The molecular weight excluding hydrogens is 260 g/mol. The second-order valence-corrected chi connectivity index (χ2v) is 5.64. The second kappa shape index (κ2) is 4.66. The molecule has 0 unspecified atom stereocenters. The van der Waals surface area contributed by atoms with Gasteiger partial charge in [0.05, 0.1) is 5.92 Å². The summed E-state index contributed by atoms with van der Waals surface area (Å²) in [4.78, 5) is 17.3. The van der Waals surface area contributed by atoms with Gasteiger partial charge in [0.2, 0.25) is 0 Å². The molecule has 19 heavy (non-hydrogen) atoms. The molecule has 0 bridgehead atoms. The number of thiazole rings is 1. The van der Waals surface area contributed by atoms with Crippen molar-refractivity contribution in [3.63, 3.8) is 0 Å². The fourth-order valence-corrected chi connectivity index (χ4v) is 2.95. The summed E-state index contributed by atoms with van der Waals surface area (Å²) in [5, 5.41) is 11.9. The van der Waals surface area contributed by atoms with Crippen molar-refractivity contribution in [1.82, 2.24) is 4.98 Å². The number of aliphatic carboxylic acids is 1. The van der Waals surface area contributed by atoms with Gasteiger partial charge in [0.1, 0.15) is 5.01 Å². The van der Waals surface area contributed by atoms with E-state index in [0.29, 0.717) is 13.1 Å². The molecule has 1 aliphatic rings. The molecule has 2 aromatic rings. The van der Waals surface area contributed by atoms with Crippen molar-refractivity contribution in [1.29, 1.82) is 0 Å². The van der Waals surface area contributed by atoms with E-state index in [1.807, 2.05) is 36.6 Å². The van der Waals surface area contributed by atoms with E-state index in [2.05, 4.69) is 9.88 Å². The molecular formula is C14H14N2O2S. The van der Waals surface area contributed by atoms with Gasteiger partial charge in [-0.1, -0.05) is 0 Å². The summed E-state index contributed by atoms with van der Waals surface area (Å²) in [6.45, 7) is 3.19. The molecule has 0 radical (unpaired) electrons. The largest absolute Gasteiger partial charge is 0.481 e. The minimum Gasteiger partial charge on any atom is -0.481 e. The molecule has 0 amide bonds. The predicted molar refractivity (Wildman–Crippen MR) is 75.6 cm³/mol. The third kappa shape index (κ3) is 2.33. The van der Waals surface area contributed by atoms with Gasteiger partial charge < -0.3 is 10.0 Å². The number of aryl methyl sites for hydroxylation is 1. The summed E-state index contributed by atoms with van der Waals surface area (Å²) in [5.41, 5.74) is 3.22. The summed E-state index contributed by atoms with van der Waals surface area (Å²) >= 11 is 1.64. The molecule has 1 N–H and O–H groups in total. The van der Waals surface area contributed by atoms with Gasteiger partial charge in [-0.25, -0.2) is 4.98 Å². The first-order valence-electron chi connectivity index (χ1n) is 6.14. The standard InChI is InChI=1S/C14H14N2O2S/c1-9-8-19-13(15-9)10-2-4-12(5-3-10)16-6-11(7-16)14(17)18/h2-5,8,11H,6-7H2,1H3,(H,17,18). The molecule has 98 valence electrons. The van der Waals surface area contributed by atoms with Gasteiger partial charge in [-0.05, 0) is 31.2 Å². The lowest BCUT2D eigenvalue weighted by Gasteiger charge is -2.38. The van der Waals surface area contributed by atoms with Gasteiger partial charge in [0, 0.05) is 35.4 Å². The lowest BCUT2D eigenvalue weighted by molar-refractivity contribution is -0.142. The zero-order chi connectivity index (χ0) is 13.4. The summed E-state index contributed by atoms with van der Waals surface area (Å²) in [6.07, 6.45) is 0. The molecule has 0 aliphatic carbocycles. The quantitative estimate of drug-likeness (QED) is 0.935. The normalized spacial score (nSPS) is 15.3. The third-order valence-corrected chi connectivity index (χ3v) is 4.34. The topological polar surface area (TPSA) is 53.4 Å². The molecule has 0 atom stereocenters. The zero-order valence-electron chi connectivity index (χ0n) is 10.5. The first kappa shape index (κ1) is 12.2. The van der Waals surface area contributed by atoms with E-state index >= 15 is 0 Å². The lowest BCUT2D eigenvalue weighted by Crippen LogP contribution is -2.50. The van der Waals surface area contributed by atoms with Crippen molar-refractivity contribution < 1.29 is 9.90 Å². The van der Waals surface area contributed by atoms with E-state index < -0.39 is 5.97 Å². The van der Waals surface area contributed by atoms with Gasteiger partial charge in [-0.3, -0.25) is 4.79 Å². The number of rotatable bonds is 3. The molecule has 5 heteroatoms. The number of hydrogen-bond acceptors (Lipinski definition) is 4. The van der Waals surface area contributed by atoms with Crippen LogP contribution in [-0.2, 0) is 4.79 Å². The maximum Gasteiger partial charge on any atom is 0.310 e. The molecule has 0 saturated carbocycles. The van der Waals surface area contributed by atoms with Crippen molar-refractivity contribution in [3.05, 3.63) is 35.3 Å². The summed E-state index contributed by atoms with van der Waals surface area (Å²) in [6, 6.07) is 8.15. The van der Waals surface area contributed by atoms with Crippen molar-refractivity contribution in [2.24, 2.45) is 5.92 Å². The highest BCUT2D eigenvalue weighted by Gasteiger charge is 2.32. The summed E-state index contributed by atoms with van der Waals surface area (Å²) < 4.78 is 0. The van der Waals surface area contributed by atoms with Gasteiger partial charge in [0.25, 0.3) is 0 Å².